The van der Waals surface area contributed by atoms with Gasteiger partial charge in [0.15, 0.2) is 0 Å². The third-order valence-electron chi connectivity index (χ3n) is 4.68. The van der Waals surface area contributed by atoms with E-state index in [2.05, 4.69) is 16.7 Å². The molecule has 4 nitrogen and oxygen atoms in total. The summed E-state index contributed by atoms with van der Waals surface area (Å²) in [6.45, 7) is 5.73. The molecule has 0 saturated carbocycles. The largest absolute Gasteiger partial charge is 0.355 e. The van der Waals surface area contributed by atoms with E-state index in [9.17, 15) is 9.59 Å². The van der Waals surface area contributed by atoms with E-state index in [-0.39, 0.29) is 11.8 Å². The summed E-state index contributed by atoms with van der Waals surface area (Å²) in [6.07, 6.45) is 7.87. The molecule has 0 radical (unpaired) electrons. The maximum absolute atomic E-state index is 12.5. The highest BCUT2D eigenvalue weighted by molar-refractivity contribution is 6.31. The number of anilines is 1. The average Bonchev–Trinajstić information content (AvgIpc) is 2.59. The summed E-state index contributed by atoms with van der Waals surface area (Å²) in [6, 6.07) is 5.31. The fourth-order valence-electron chi connectivity index (χ4n) is 2.75. The van der Waals surface area contributed by atoms with E-state index in [0.29, 0.717) is 17.3 Å². The second kappa shape index (κ2) is 8.52. The predicted octanol–water partition coefficient (Wildman–Crippen LogP) is 4.62. The van der Waals surface area contributed by atoms with E-state index in [4.69, 9.17) is 11.6 Å². The lowest BCUT2D eigenvalue weighted by molar-refractivity contribution is -0.138. The van der Waals surface area contributed by atoms with Crippen LogP contribution in [0, 0.1) is 12.3 Å². The third kappa shape index (κ3) is 5.33. The standard InChI is InChI=1S/C20H27ClN2O2/c1-14-9-10-16(13-17(14)21)23-19(25)20(2,3)18(24)22-12-11-15-7-5-4-6-8-15/h7,9-10,13H,4-6,8,11-12H2,1-3H3,(H,22,24)(H,23,25). The van der Waals surface area contributed by atoms with Gasteiger partial charge in [0.2, 0.25) is 11.8 Å². The molecule has 1 aromatic carbocycles. The summed E-state index contributed by atoms with van der Waals surface area (Å²) >= 11 is 6.08. The van der Waals surface area contributed by atoms with Gasteiger partial charge in [0.25, 0.3) is 0 Å². The molecular formula is C20H27ClN2O2. The van der Waals surface area contributed by atoms with Gasteiger partial charge in [-0.1, -0.05) is 29.3 Å². The number of carbonyl (C=O) groups excluding carboxylic acids is 2. The van der Waals surface area contributed by atoms with E-state index >= 15 is 0 Å². The van der Waals surface area contributed by atoms with E-state index in [1.54, 1.807) is 26.0 Å². The van der Waals surface area contributed by atoms with E-state index in [1.165, 1.54) is 18.4 Å². The number of allylic oxidation sites excluding steroid dienone is 1. The number of aryl methyl sites for hydroxylation is 1. The third-order valence-corrected chi connectivity index (χ3v) is 5.09. The first-order valence-corrected chi connectivity index (χ1v) is 9.22. The molecule has 0 atom stereocenters. The highest BCUT2D eigenvalue weighted by atomic mass is 35.5. The maximum Gasteiger partial charge on any atom is 0.239 e. The Morgan fingerprint density at radius 3 is 2.60 bits per heavy atom. The maximum atomic E-state index is 12.5. The number of benzene rings is 1. The van der Waals surface area contributed by atoms with Gasteiger partial charge in [0.05, 0.1) is 0 Å². The van der Waals surface area contributed by atoms with Gasteiger partial charge in [-0.2, -0.15) is 0 Å². The second-order valence-corrected chi connectivity index (χ2v) is 7.56. The summed E-state index contributed by atoms with van der Waals surface area (Å²) in [5.41, 5.74) is 1.78. The number of nitrogens with one attached hydrogen (secondary N) is 2. The van der Waals surface area contributed by atoms with Crippen LogP contribution in [0.3, 0.4) is 0 Å². The Morgan fingerprint density at radius 1 is 1.20 bits per heavy atom. The van der Waals surface area contributed by atoms with Crippen LogP contribution in [0.15, 0.2) is 29.8 Å². The van der Waals surface area contributed by atoms with Crippen LogP contribution >= 0.6 is 11.6 Å². The van der Waals surface area contributed by atoms with Crippen LogP contribution in [0.1, 0.15) is 51.5 Å². The number of hydrogen-bond acceptors (Lipinski definition) is 2. The molecule has 0 fully saturated rings. The van der Waals surface area contributed by atoms with Crippen LogP contribution in [0.5, 0.6) is 0 Å². The first-order chi connectivity index (χ1) is 11.8. The zero-order valence-corrected chi connectivity index (χ0v) is 16.0. The summed E-state index contributed by atoms with van der Waals surface area (Å²) in [4.78, 5) is 25.0. The SMILES string of the molecule is Cc1ccc(NC(=O)C(C)(C)C(=O)NCCC2=CCCCC2)cc1Cl. The zero-order valence-electron chi connectivity index (χ0n) is 15.2. The van der Waals surface area contributed by atoms with Crippen molar-refractivity contribution in [3.63, 3.8) is 0 Å². The molecule has 1 aliphatic carbocycles. The molecule has 1 aromatic rings. The lowest BCUT2D eigenvalue weighted by atomic mass is 9.90. The predicted molar refractivity (Wildman–Crippen MR) is 103 cm³/mol. The van der Waals surface area contributed by atoms with Crippen molar-refractivity contribution in [1.82, 2.24) is 5.32 Å². The van der Waals surface area contributed by atoms with Gasteiger partial charge < -0.3 is 10.6 Å². The number of carbonyl (C=O) groups is 2. The highest BCUT2D eigenvalue weighted by Gasteiger charge is 2.35. The summed E-state index contributed by atoms with van der Waals surface area (Å²) in [5, 5.41) is 6.25. The molecule has 0 heterocycles. The molecular weight excluding hydrogens is 336 g/mol. The minimum absolute atomic E-state index is 0.264. The molecule has 25 heavy (non-hydrogen) atoms. The molecule has 0 spiro atoms. The minimum atomic E-state index is -1.15. The Labute approximate surface area is 155 Å². The topological polar surface area (TPSA) is 58.2 Å². The molecule has 136 valence electrons. The van der Waals surface area contributed by atoms with Crippen molar-refractivity contribution >= 4 is 29.1 Å². The monoisotopic (exact) mass is 362 g/mol. The van der Waals surface area contributed by atoms with Crippen LogP contribution < -0.4 is 10.6 Å². The Hall–Kier alpha value is -1.81. The number of rotatable bonds is 6. The van der Waals surface area contributed by atoms with Crippen molar-refractivity contribution < 1.29 is 9.59 Å². The van der Waals surface area contributed by atoms with Crippen LogP contribution in [-0.2, 0) is 9.59 Å². The number of amides is 2. The average molecular weight is 363 g/mol. The smallest absolute Gasteiger partial charge is 0.239 e. The number of hydrogen-bond donors (Lipinski definition) is 2. The molecule has 0 aliphatic heterocycles. The normalized spacial score (nSPS) is 14.6. The van der Waals surface area contributed by atoms with Gasteiger partial charge >= 0.3 is 0 Å². The van der Waals surface area contributed by atoms with Gasteiger partial charge in [-0.25, -0.2) is 0 Å². The van der Waals surface area contributed by atoms with E-state index in [1.807, 2.05) is 13.0 Å². The Balaban J connectivity index is 1.89. The molecule has 0 bridgehead atoms. The van der Waals surface area contributed by atoms with Crippen molar-refractivity contribution in [2.75, 3.05) is 11.9 Å². The minimum Gasteiger partial charge on any atom is -0.355 e. The quantitative estimate of drug-likeness (QED) is 0.573. The summed E-state index contributed by atoms with van der Waals surface area (Å²) in [7, 11) is 0. The number of halogens is 1. The lowest BCUT2D eigenvalue weighted by Gasteiger charge is -2.23. The Kier molecular flexibility index (Phi) is 6.65. The van der Waals surface area contributed by atoms with Crippen LogP contribution in [0.25, 0.3) is 0 Å². The van der Waals surface area contributed by atoms with Crippen LogP contribution in [0.4, 0.5) is 5.69 Å². The first kappa shape index (κ1) is 19.5. The van der Waals surface area contributed by atoms with Gasteiger partial charge in [-0.3, -0.25) is 9.59 Å². The van der Waals surface area contributed by atoms with Gasteiger partial charge in [0.1, 0.15) is 5.41 Å². The van der Waals surface area contributed by atoms with Gasteiger partial charge in [-0.15, -0.1) is 0 Å². The van der Waals surface area contributed by atoms with E-state index < -0.39 is 5.41 Å². The fourth-order valence-corrected chi connectivity index (χ4v) is 2.93. The summed E-state index contributed by atoms with van der Waals surface area (Å²) in [5.74, 6) is -0.610. The van der Waals surface area contributed by atoms with Crippen molar-refractivity contribution in [2.24, 2.45) is 5.41 Å². The molecule has 5 heteroatoms. The lowest BCUT2D eigenvalue weighted by Crippen LogP contribution is -2.45. The molecule has 0 saturated heterocycles. The molecule has 2 N–H and O–H groups in total. The first-order valence-electron chi connectivity index (χ1n) is 8.84. The Morgan fingerprint density at radius 2 is 1.96 bits per heavy atom. The molecule has 1 aliphatic rings. The summed E-state index contributed by atoms with van der Waals surface area (Å²) < 4.78 is 0. The molecule has 2 rings (SSSR count). The molecule has 0 aromatic heterocycles. The highest BCUT2D eigenvalue weighted by Crippen LogP contribution is 2.24. The van der Waals surface area contributed by atoms with Crippen LogP contribution in [-0.4, -0.2) is 18.4 Å². The van der Waals surface area contributed by atoms with Crippen LogP contribution in [0.2, 0.25) is 5.02 Å². The fraction of sp³-hybridized carbons (Fsp3) is 0.500. The van der Waals surface area contributed by atoms with Crippen molar-refractivity contribution in [3.05, 3.63) is 40.4 Å². The molecule has 2 amide bonds. The van der Waals surface area contributed by atoms with Gasteiger partial charge in [0, 0.05) is 17.3 Å². The Bertz CT molecular complexity index is 680. The second-order valence-electron chi connectivity index (χ2n) is 7.16. The van der Waals surface area contributed by atoms with Crippen molar-refractivity contribution in [1.29, 1.82) is 0 Å². The molecule has 0 unspecified atom stereocenters. The van der Waals surface area contributed by atoms with E-state index in [0.717, 1.165) is 24.8 Å². The zero-order chi connectivity index (χ0) is 18.4. The van der Waals surface area contributed by atoms with Gasteiger partial charge in [-0.05, 0) is 70.6 Å². The van der Waals surface area contributed by atoms with Crippen molar-refractivity contribution in [3.8, 4) is 0 Å². The van der Waals surface area contributed by atoms with Crippen molar-refractivity contribution in [2.45, 2.75) is 52.9 Å².